The van der Waals surface area contributed by atoms with Crippen LogP contribution in [0.1, 0.15) is 38.2 Å². The Morgan fingerprint density at radius 1 is 0.857 bits per heavy atom. The zero-order valence-corrected chi connectivity index (χ0v) is 12.6. The predicted octanol–water partition coefficient (Wildman–Crippen LogP) is 5.29. The van der Waals surface area contributed by atoms with Crippen molar-refractivity contribution in [3.63, 3.8) is 0 Å². The van der Waals surface area contributed by atoms with Gasteiger partial charge in [-0.15, -0.1) is 6.42 Å². The van der Waals surface area contributed by atoms with Gasteiger partial charge in [0.2, 0.25) is 0 Å². The van der Waals surface area contributed by atoms with Gasteiger partial charge in [-0.05, 0) is 41.8 Å². The van der Waals surface area contributed by atoms with Crippen molar-refractivity contribution in [2.45, 2.75) is 32.6 Å². The first-order valence-corrected chi connectivity index (χ1v) is 7.63. The molecule has 0 amide bonds. The molecule has 0 fully saturated rings. The molecule has 0 atom stereocenters. The monoisotopic (exact) mass is 278 g/mol. The third-order valence-electron chi connectivity index (χ3n) is 3.51. The minimum Gasteiger partial charge on any atom is -0.494 e. The lowest BCUT2D eigenvalue weighted by molar-refractivity contribution is 0.305. The van der Waals surface area contributed by atoms with Gasteiger partial charge in [0.25, 0.3) is 0 Å². The first-order valence-electron chi connectivity index (χ1n) is 7.63. The van der Waals surface area contributed by atoms with Gasteiger partial charge in [0.15, 0.2) is 0 Å². The van der Waals surface area contributed by atoms with Crippen LogP contribution in [0, 0.1) is 12.3 Å². The Bertz CT molecular complexity index is 573. The van der Waals surface area contributed by atoms with Crippen LogP contribution >= 0.6 is 0 Å². The molecular formula is C20H22O. The summed E-state index contributed by atoms with van der Waals surface area (Å²) in [6.45, 7) is 3.02. The maximum atomic E-state index is 5.75. The largest absolute Gasteiger partial charge is 0.494 e. The Hall–Kier alpha value is -2.20. The maximum absolute atomic E-state index is 5.75. The lowest BCUT2D eigenvalue weighted by Gasteiger charge is -2.07. The molecule has 21 heavy (non-hydrogen) atoms. The molecule has 0 saturated heterocycles. The standard InChI is InChI=1S/C20H22O/c1-3-5-6-7-16-21-20-14-12-19(13-15-20)18-10-8-17(4-2)9-11-18/h2,8-15H,3,5-7,16H2,1H3. The lowest BCUT2D eigenvalue weighted by atomic mass is 10.0. The van der Waals surface area contributed by atoms with Crippen LogP contribution in [0.25, 0.3) is 11.1 Å². The number of rotatable bonds is 7. The summed E-state index contributed by atoms with van der Waals surface area (Å²) in [5, 5.41) is 0. The highest BCUT2D eigenvalue weighted by Gasteiger charge is 1.99. The van der Waals surface area contributed by atoms with Gasteiger partial charge in [-0.25, -0.2) is 0 Å². The summed E-state index contributed by atoms with van der Waals surface area (Å²) in [5.41, 5.74) is 3.26. The molecule has 2 aromatic rings. The number of hydrogen-bond donors (Lipinski definition) is 0. The van der Waals surface area contributed by atoms with E-state index < -0.39 is 0 Å². The van der Waals surface area contributed by atoms with Crippen LogP contribution in [-0.2, 0) is 0 Å². The van der Waals surface area contributed by atoms with Gasteiger partial charge in [0.1, 0.15) is 5.75 Å². The highest BCUT2D eigenvalue weighted by Crippen LogP contribution is 2.22. The molecule has 0 radical (unpaired) electrons. The van der Waals surface area contributed by atoms with E-state index in [-0.39, 0.29) is 0 Å². The van der Waals surface area contributed by atoms with Crippen LogP contribution in [0.5, 0.6) is 5.75 Å². The number of hydrogen-bond acceptors (Lipinski definition) is 1. The van der Waals surface area contributed by atoms with E-state index in [0.717, 1.165) is 24.3 Å². The summed E-state index contributed by atoms with van der Waals surface area (Å²) in [4.78, 5) is 0. The van der Waals surface area contributed by atoms with Crippen molar-refractivity contribution < 1.29 is 4.74 Å². The maximum Gasteiger partial charge on any atom is 0.119 e. The van der Waals surface area contributed by atoms with E-state index in [1.807, 2.05) is 24.3 Å². The summed E-state index contributed by atoms with van der Waals surface area (Å²) in [6.07, 6.45) is 10.3. The first kappa shape index (κ1) is 15.2. The fourth-order valence-corrected chi connectivity index (χ4v) is 2.22. The third kappa shape index (κ3) is 4.68. The number of ether oxygens (including phenoxy) is 1. The average Bonchev–Trinajstić information content (AvgIpc) is 2.55. The molecule has 0 bridgehead atoms. The van der Waals surface area contributed by atoms with Gasteiger partial charge in [-0.1, -0.05) is 56.4 Å². The van der Waals surface area contributed by atoms with Crippen molar-refractivity contribution in [2.24, 2.45) is 0 Å². The second-order valence-electron chi connectivity index (χ2n) is 5.16. The van der Waals surface area contributed by atoms with E-state index >= 15 is 0 Å². The summed E-state index contributed by atoms with van der Waals surface area (Å²) in [7, 11) is 0. The summed E-state index contributed by atoms with van der Waals surface area (Å²) in [5.74, 6) is 3.57. The Balaban J connectivity index is 1.90. The number of benzene rings is 2. The predicted molar refractivity (Wildman–Crippen MR) is 89.5 cm³/mol. The summed E-state index contributed by atoms with van der Waals surface area (Å²) < 4.78 is 5.75. The molecular weight excluding hydrogens is 256 g/mol. The van der Waals surface area contributed by atoms with Gasteiger partial charge in [-0.3, -0.25) is 0 Å². The van der Waals surface area contributed by atoms with Gasteiger partial charge in [-0.2, -0.15) is 0 Å². The quantitative estimate of drug-likeness (QED) is 0.493. The summed E-state index contributed by atoms with van der Waals surface area (Å²) >= 11 is 0. The lowest BCUT2D eigenvalue weighted by Crippen LogP contribution is -1.96. The fourth-order valence-electron chi connectivity index (χ4n) is 2.22. The van der Waals surface area contributed by atoms with Gasteiger partial charge >= 0.3 is 0 Å². The van der Waals surface area contributed by atoms with E-state index in [1.54, 1.807) is 0 Å². The van der Waals surface area contributed by atoms with Crippen LogP contribution in [0.15, 0.2) is 48.5 Å². The molecule has 0 aromatic heterocycles. The third-order valence-corrected chi connectivity index (χ3v) is 3.51. The molecule has 0 aliphatic heterocycles. The van der Waals surface area contributed by atoms with Crippen molar-refractivity contribution in [1.29, 1.82) is 0 Å². The Morgan fingerprint density at radius 3 is 2.05 bits per heavy atom. The highest BCUT2D eigenvalue weighted by atomic mass is 16.5. The van der Waals surface area contributed by atoms with Crippen molar-refractivity contribution in [1.82, 2.24) is 0 Å². The Labute approximate surface area is 128 Å². The number of unbranched alkanes of at least 4 members (excludes halogenated alkanes) is 3. The fraction of sp³-hybridized carbons (Fsp3) is 0.300. The zero-order chi connectivity index (χ0) is 14.9. The van der Waals surface area contributed by atoms with E-state index in [2.05, 4.69) is 37.1 Å². The van der Waals surface area contributed by atoms with Crippen molar-refractivity contribution in [3.05, 3.63) is 54.1 Å². The minimum atomic E-state index is 0.802. The Kier molecular flexibility index (Phi) is 5.91. The van der Waals surface area contributed by atoms with Crippen molar-refractivity contribution >= 4 is 0 Å². The molecule has 0 spiro atoms. The molecule has 0 aliphatic carbocycles. The molecule has 1 nitrogen and oxygen atoms in total. The molecule has 1 heteroatoms. The van der Waals surface area contributed by atoms with E-state index in [9.17, 15) is 0 Å². The first-order chi connectivity index (χ1) is 10.3. The van der Waals surface area contributed by atoms with Crippen molar-refractivity contribution in [2.75, 3.05) is 6.61 Å². The number of terminal acetylenes is 1. The summed E-state index contributed by atoms with van der Waals surface area (Å²) in [6, 6.07) is 16.3. The van der Waals surface area contributed by atoms with Gasteiger partial charge < -0.3 is 4.74 Å². The topological polar surface area (TPSA) is 9.23 Å². The average molecular weight is 278 g/mol. The highest BCUT2D eigenvalue weighted by molar-refractivity contribution is 5.65. The molecule has 2 rings (SSSR count). The minimum absolute atomic E-state index is 0.802. The van der Waals surface area contributed by atoms with E-state index in [1.165, 1.54) is 30.4 Å². The molecule has 0 heterocycles. The van der Waals surface area contributed by atoms with Crippen molar-refractivity contribution in [3.8, 4) is 29.2 Å². The zero-order valence-electron chi connectivity index (χ0n) is 12.6. The van der Waals surface area contributed by atoms with Crippen LogP contribution in [-0.4, -0.2) is 6.61 Å². The van der Waals surface area contributed by atoms with E-state index in [0.29, 0.717) is 0 Å². The van der Waals surface area contributed by atoms with Crippen LogP contribution in [0.4, 0.5) is 0 Å². The molecule has 0 N–H and O–H groups in total. The van der Waals surface area contributed by atoms with E-state index in [4.69, 9.17) is 11.2 Å². The molecule has 2 aromatic carbocycles. The van der Waals surface area contributed by atoms with Gasteiger partial charge in [0, 0.05) is 5.56 Å². The van der Waals surface area contributed by atoms with Crippen LogP contribution in [0.2, 0.25) is 0 Å². The molecule has 0 aliphatic rings. The Morgan fingerprint density at radius 2 is 1.48 bits per heavy atom. The second kappa shape index (κ2) is 8.17. The molecule has 0 saturated carbocycles. The second-order valence-corrected chi connectivity index (χ2v) is 5.16. The normalized spacial score (nSPS) is 10.1. The molecule has 0 unspecified atom stereocenters. The van der Waals surface area contributed by atoms with Crippen LogP contribution < -0.4 is 4.74 Å². The molecule has 108 valence electrons. The smallest absolute Gasteiger partial charge is 0.119 e. The SMILES string of the molecule is C#Cc1ccc(-c2ccc(OCCCCCC)cc2)cc1. The van der Waals surface area contributed by atoms with Gasteiger partial charge in [0.05, 0.1) is 6.61 Å². The van der Waals surface area contributed by atoms with Crippen LogP contribution in [0.3, 0.4) is 0 Å².